The van der Waals surface area contributed by atoms with Crippen molar-refractivity contribution in [3.8, 4) is 0 Å². The Morgan fingerprint density at radius 2 is 1.53 bits per heavy atom. The third-order valence-electron chi connectivity index (χ3n) is 7.57. The van der Waals surface area contributed by atoms with Gasteiger partial charge in [0.1, 0.15) is 12.6 Å². The van der Waals surface area contributed by atoms with Gasteiger partial charge in [-0.25, -0.2) is 8.42 Å². The maximum Gasteiger partial charge on any atom is 0.264 e. The van der Waals surface area contributed by atoms with Crippen LogP contribution in [0.2, 0.25) is 5.02 Å². The molecule has 0 spiro atoms. The van der Waals surface area contributed by atoms with E-state index in [0.29, 0.717) is 11.4 Å². The summed E-state index contributed by atoms with van der Waals surface area (Å²) in [5.41, 5.74) is 2.66. The molecule has 4 aromatic rings. The first-order valence-corrected chi connectivity index (χ1v) is 17.3. The third-order valence-corrected chi connectivity index (χ3v) is 10.3. The monoisotopic (exact) mass is 709 g/mol. The number of halogens is 2. The number of nitrogens with one attached hydrogen (secondary N) is 1. The lowest BCUT2D eigenvalue weighted by atomic mass is 10.0. The number of nitrogens with zero attached hydrogens (tertiary/aromatic N) is 2. The largest absolute Gasteiger partial charge is 0.352 e. The van der Waals surface area contributed by atoms with E-state index in [0.717, 1.165) is 25.5 Å². The quantitative estimate of drug-likeness (QED) is 0.160. The number of hydrogen-bond acceptors (Lipinski definition) is 4. The maximum atomic E-state index is 14.5. The fourth-order valence-corrected chi connectivity index (χ4v) is 6.86. The molecule has 0 radical (unpaired) electrons. The van der Waals surface area contributed by atoms with Crippen LogP contribution in [0.15, 0.2) is 112 Å². The molecule has 0 bridgehead atoms. The van der Waals surface area contributed by atoms with Crippen LogP contribution in [0.1, 0.15) is 37.0 Å². The van der Waals surface area contributed by atoms with Gasteiger partial charge in [-0.1, -0.05) is 101 Å². The van der Waals surface area contributed by atoms with E-state index in [4.69, 9.17) is 11.6 Å². The predicted molar refractivity (Wildman–Crippen MR) is 184 cm³/mol. The van der Waals surface area contributed by atoms with E-state index in [1.807, 2.05) is 75.4 Å². The number of carbonyl (C=O) groups excluding carboxylic acids is 2. The molecule has 0 aromatic heterocycles. The van der Waals surface area contributed by atoms with E-state index < -0.39 is 28.5 Å². The smallest absolute Gasteiger partial charge is 0.264 e. The lowest BCUT2D eigenvalue weighted by Gasteiger charge is -2.34. The minimum Gasteiger partial charge on any atom is -0.352 e. The first kappa shape index (κ1) is 34.2. The number of amides is 2. The molecule has 2 atom stereocenters. The van der Waals surface area contributed by atoms with Gasteiger partial charge in [0.2, 0.25) is 11.8 Å². The Kier molecular flexibility index (Phi) is 11.8. The number of hydrogen-bond donors (Lipinski definition) is 1. The summed E-state index contributed by atoms with van der Waals surface area (Å²) in [5.74, 6) is -0.848. The standard InChI is InChI=1S/C35H37BrClN3O4S/c1-4-26(3)38-35(42)33(21-27-12-7-5-8-13-27)39(23-28-14-11-15-29(36)20-28)34(41)24-40(30-19-18-25(2)32(37)22-30)45(43,44)31-16-9-6-10-17-31/h5-20,22,26,33H,4,21,23-24H2,1-3H3,(H,38,42)/t26-,33+/m1/s1. The first-order chi connectivity index (χ1) is 21.5. The topological polar surface area (TPSA) is 86.8 Å². The molecule has 0 aliphatic heterocycles. The van der Waals surface area contributed by atoms with Crippen LogP contribution < -0.4 is 9.62 Å². The lowest BCUT2D eigenvalue weighted by Crippen LogP contribution is -2.54. The minimum atomic E-state index is -4.20. The highest BCUT2D eigenvalue weighted by Gasteiger charge is 2.35. The summed E-state index contributed by atoms with van der Waals surface area (Å²) in [6.07, 6.45) is 0.950. The van der Waals surface area contributed by atoms with Crippen molar-refractivity contribution in [1.82, 2.24) is 10.2 Å². The van der Waals surface area contributed by atoms with Crippen molar-refractivity contribution in [2.24, 2.45) is 0 Å². The fourth-order valence-electron chi connectivity index (χ4n) is 4.81. The second-order valence-electron chi connectivity index (χ2n) is 10.9. The predicted octanol–water partition coefficient (Wildman–Crippen LogP) is 7.16. The molecule has 10 heteroatoms. The molecular weight excluding hydrogens is 674 g/mol. The Hall–Kier alpha value is -3.66. The van der Waals surface area contributed by atoms with Crippen LogP contribution in [0.3, 0.4) is 0 Å². The Morgan fingerprint density at radius 3 is 2.16 bits per heavy atom. The zero-order valence-electron chi connectivity index (χ0n) is 25.5. The molecule has 0 unspecified atom stereocenters. The van der Waals surface area contributed by atoms with Crippen LogP contribution in [0.25, 0.3) is 0 Å². The van der Waals surface area contributed by atoms with Crippen molar-refractivity contribution in [2.75, 3.05) is 10.8 Å². The zero-order valence-corrected chi connectivity index (χ0v) is 28.6. The van der Waals surface area contributed by atoms with Crippen LogP contribution in [-0.2, 0) is 32.6 Å². The molecule has 4 aromatic carbocycles. The Bertz CT molecular complexity index is 1720. The fraction of sp³-hybridized carbons (Fsp3) is 0.257. The van der Waals surface area contributed by atoms with Crippen molar-refractivity contribution in [1.29, 1.82) is 0 Å². The number of aryl methyl sites for hydroxylation is 1. The van der Waals surface area contributed by atoms with Gasteiger partial charge in [-0.3, -0.25) is 13.9 Å². The van der Waals surface area contributed by atoms with Crippen molar-refractivity contribution in [3.63, 3.8) is 0 Å². The van der Waals surface area contributed by atoms with Crippen LogP contribution in [-0.4, -0.2) is 43.8 Å². The van der Waals surface area contributed by atoms with Crippen LogP contribution >= 0.6 is 27.5 Å². The summed E-state index contributed by atoms with van der Waals surface area (Å²) >= 11 is 9.95. The van der Waals surface area contributed by atoms with Gasteiger partial charge in [-0.05, 0) is 73.4 Å². The van der Waals surface area contributed by atoms with E-state index in [1.54, 1.807) is 36.4 Å². The van der Waals surface area contributed by atoms with Gasteiger partial charge in [0.15, 0.2) is 0 Å². The Morgan fingerprint density at radius 1 is 0.889 bits per heavy atom. The first-order valence-electron chi connectivity index (χ1n) is 14.7. The van der Waals surface area contributed by atoms with Crippen molar-refractivity contribution >= 4 is 55.1 Å². The van der Waals surface area contributed by atoms with Crippen LogP contribution in [0.5, 0.6) is 0 Å². The summed E-state index contributed by atoms with van der Waals surface area (Å²) in [6, 6.07) is 28.8. The van der Waals surface area contributed by atoms with E-state index in [9.17, 15) is 18.0 Å². The second kappa shape index (κ2) is 15.6. The molecule has 45 heavy (non-hydrogen) atoms. The summed E-state index contributed by atoms with van der Waals surface area (Å²) in [7, 11) is -4.20. The van der Waals surface area contributed by atoms with Gasteiger partial charge in [0.25, 0.3) is 10.0 Å². The summed E-state index contributed by atoms with van der Waals surface area (Å²) in [6.45, 7) is 5.23. The average Bonchev–Trinajstić information content (AvgIpc) is 3.03. The highest BCUT2D eigenvalue weighted by molar-refractivity contribution is 9.10. The summed E-state index contributed by atoms with van der Waals surface area (Å²) in [4.78, 5) is 30.0. The van der Waals surface area contributed by atoms with Gasteiger partial charge >= 0.3 is 0 Å². The van der Waals surface area contributed by atoms with E-state index in [-0.39, 0.29) is 35.5 Å². The number of sulfonamides is 1. The normalized spacial score (nSPS) is 12.6. The molecule has 7 nitrogen and oxygen atoms in total. The second-order valence-corrected chi connectivity index (χ2v) is 14.1. The summed E-state index contributed by atoms with van der Waals surface area (Å²) < 4.78 is 30.1. The van der Waals surface area contributed by atoms with Gasteiger partial charge in [0, 0.05) is 28.5 Å². The molecule has 236 valence electrons. The lowest BCUT2D eigenvalue weighted by molar-refractivity contribution is -0.140. The molecule has 2 amide bonds. The molecule has 0 aliphatic rings. The zero-order chi connectivity index (χ0) is 32.6. The van der Waals surface area contributed by atoms with Gasteiger partial charge in [-0.2, -0.15) is 0 Å². The summed E-state index contributed by atoms with van der Waals surface area (Å²) in [5, 5.41) is 3.42. The number of carbonyl (C=O) groups is 2. The van der Waals surface area contributed by atoms with Gasteiger partial charge in [0.05, 0.1) is 10.6 Å². The highest BCUT2D eigenvalue weighted by atomic mass is 79.9. The molecule has 4 rings (SSSR count). The van der Waals surface area contributed by atoms with Crippen molar-refractivity contribution in [2.45, 2.75) is 57.1 Å². The molecule has 0 heterocycles. The minimum absolute atomic E-state index is 0.0309. The van der Waals surface area contributed by atoms with Crippen LogP contribution in [0, 0.1) is 6.92 Å². The van der Waals surface area contributed by atoms with Gasteiger partial charge < -0.3 is 10.2 Å². The molecule has 0 saturated heterocycles. The third kappa shape index (κ3) is 8.96. The Balaban J connectivity index is 1.82. The van der Waals surface area contributed by atoms with Gasteiger partial charge in [-0.15, -0.1) is 0 Å². The highest BCUT2D eigenvalue weighted by Crippen LogP contribution is 2.29. The van der Waals surface area contributed by atoms with E-state index >= 15 is 0 Å². The maximum absolute atomic E-state index is 14.5. The molecule has 0 aliphatic carbocycles. The van der Waals surface area contributed by atoms with Crippen molar-refractivity contribution in [3.05, 3.63) is 129 Å². The van der Waals surface area contributed by atoms with Crippen LogP contribution in [0.4, 0.5) is 5.69 Å². The molecular formula is C35H37BrClN3O4S. The van der Waals surface area contributed by atoms with E-state index in [2.05, 4.69) is 21.2 Å². The van der Waals surface area contributed by atoms with E-state index in [1.165, 1.54) is 17.0 Å². The average molecular weight is 711 g/mol. The Labute approximate surface area is 279 Å². The number of rotatable bonds is 13. The van der Waals surface area contributed by atoms with Crippen molar-refractivity contribution < 1.29 is 18.0 Å². The molecule has 1 N–H and O–H groups in total. The SMILES string of the molecule is CC[C@@H](C)NC(=O)[C@H](Cc1ccccc1)N(Cc1cccc(Br)c1)C(=O)CN(c1ccc(C)c(Cl)c1)S(=O)(=O)c1ccccc1. The molecule has 0 saturated carbocycles. The number of benzene rings is 4. The number of anilines is 1. The molecule has 0 fully saturated rings.